The van der Waals surface area contributed by atoms with Crippen molar-refractivity contribution in [3.8, 4) is 0 Å². The number of nitrogens with zero attached hydrogens (tertiary/aromatic N) is 1. The number of rotatable bonds is 2. The molecule has 0 saturated heterocycles. The fourth-order valence-electron chi connectivity index (χ4n) is 1.92. The molecule has 0 radical (unpaired) electrons. The molecule has 0 spiro atoms. The van der Waals surface area contributed by atoms with Gasteiger partial charge >= 0.3 is 5.97 Å². The molecule has 1 aromatic rings. The highest BCUT2D eigenvalue weighted by Gasteiger charge is 2.25. The molecule has 0 amide bonds. The Morgan fingerprint density at radius 1 is 1.53 bits per heavy atom. The Labute approximate surface area is 97.7 Å². The van der Waals surface area contributed by atoms with E-state index in [9.17, 15) is 14.9 Å². The minimum atomic E-state index is -0.424. The molecule has 6 nitrogen and oxygen atoms in total. The van der Waals surface area contributed by atoms with Crippen LogP contribution >= 0.6 is 0 Å². The van der Waals surface area contributed by atoms with E-state index < -0.39 is 4.92 Å². The Hall–Kier alpha value is -1.95. The molecular formula is C11H12N2O4. The molecule has 1 aliphatic heterocycles. The van der Waals surface area contributed by atoms with Gasteiger partial charge in [-0.15, -0.1) is 0 Å². The Kier molecular flexibility index (Phi) is 3.06. The summed E-state index contributed by atoms with van der Waals surface area (Å²) < 4.78 is 4.66. The van der Waals surface area contributed by atoms with Gasteiger partial charge in [-0.2, -0.15) is 0 Å². The molecule has 17 heavy (non-hydrogen) atoms. The zero-order valence-corrected chi connectivity index (χ0v) is 9.30. The maximum atomic E-state index is 11.4. The standard InChI is InChI=1S/C11H12N2O4/c1-17-11(14)10-5-7-2-3-9(13(15)16)4-8(7)6-12-10/h2-4,10,12H,5-6H2,1H3/t10-/m1/s1. The number of fused-ring (bicyclic) bond motifs is 1. The first-order valence-corrected chi connectivity index (χ1v) is 5.19. The summed E-state index contributed by atoms with van der Waals surface area (Å²) in [5.41, 5.74) is 1.88. The van der Waals surface area contributed by atoms with Crippen LogP contribution in [0.1, 0.15) is 11.1 Å². The van der Waals surface area contributed by atoms with Crippen molar-refractivity contribution in [2.24, 2.45) is 0 Å². The van der Waals surface area contributed by atoms with Gasteiger partial charge in [-0.1, -0.05) is 6.07 Å². The van der Waals surface area contributed by atoms with Crippen molar-refractivity contribution in [3.63, 3.8) is 0 Å². The molecule has 2 rings (SSSR count). The Morgan fingerprint density at radius 3 is 2.94 bits per heavy atom. The van der Waals surface area contributed by atoms with Crippen LogP contribution in [0, 0.1) is 10.1 Å². The fourth-order valence-corrected chi connectivity index (χ4v) is 1.92. The number of non-ortho nitro benzene ring substituents is 1. The number of esters is 1. The minimum absolute atomic E-state index is 0.0714. The molecule has 1 atom stereocenters. The van der Waals surface area contributed by atoms with Crippen LogP contribution in [0.3, 0.4) is 0 Å². The van der Waals surface area contributed by atoms with Crippen LogP contribution in [-0.4, -0.2) is 24.0 Å². The summed E-state index contributed by atoms with van der Waals surface area (Å²) in [4.78, 5) is 21.6. The summed E-state index contributed by atoms with van der Waals surface area (Å²) in [7, 11) is 1.34. The first-order valence-electron chi connectivity index (χ1n) is 5.19. The van der Waals surface area contributed by atoms with Crippen molar-refractivity contribution in [1.29, 1.82) is 0 Å². The van der Waals surface area contributed by atoms with E-state index in [4.69, 9.17) is 0 Å². The SMILES string of the molecule is COC(=O)[C@H]1Cc2ccc([N+](=O)[O-])cc2CN1. The van der Waals surface area contributed by atoms with Gasteiger partial charge in [-0.3, -0.25) is 14.9 Å². The Balaban J connectivity index is 2.23. The molecule has 0 bridgehead atoms. The summed E-state index contributed by atoms with van der Waals surface area (Å²) in [6.07, 6.45) is 0.500. The zero-order chi connectivity index (χ0) is 12.4. The second kappa shape index (κ2) is 4.50. The van der Waals surface area contributed by atoms with Crippen LogP contribution < -0.4 is 5.32 Å². The van der Waals surface area contributed by atoms with Crippen molar-refractivity contribution in [3.05, 3.63) is 39.4 Å². The highest BCUT2D eigenvalue weighted by molar-refractivity contribution is 5.76. The molecule has 6 heteroatoms. The van der Waals surface area contributed by atoms with Crippen LogP contribution in [0.5, 0.6) is 0 Å². The highest BCUT2D eigenvalue weighted by Crippen LogP contribution is 2.22. The van der Waals surface area contributed by atoms with Gasteiger partial charge in [-0.05, 0) is 17.5 Å². The molecule has 1 N–H and O–H groups in total. The fraction of sp³-hybridized carbons (Fsp3) is 0.364. The first kappa shape index (κ1) is 11.5. The van der Waals surface area contributed by atoms with Crippen molar-refractivity contribution in [2.75, 3.05) is 7.11 Å². The van der Waals surface area contributed by atoms with Crippen LogP contribution in [0.25, 0.3) is 0 Å². The largest absolute Gasteiger partial charge is 0.468 e. The highest BCUT2D eigenvalue weighted by atomic mass is 16.6. The monoisotopic (exact) mass is 236 g/mol. The number of methoxy groups -OCH3 is 1. The molecule has 0 aromatic heterocycles. The Bertz CT molecular complexity index is 473. The number of nitrogens with one attached hydrogen (secondary N) is 1. The predicted octanol–water partition coefficient (Wildman–Crippen LogP) is 0.782. The van der Waals surface area contributed by atoms with Gasteiger partial charge in [0.15, 0.2) is 0 Å². The number of nitro groups is 1. The van der Waals surface area contributed by atoms with Gasteiger partial charge in [0.2, 0.25) is 0 Å². The summed E-state index contributed by atoms with van der Waals surface area (Å²) >= 11 is 0. The molecule has 1 heterocycles. The maximum absolute atomic E-state index is 11.4. The summed E-state index contributed by atoms with van der Waals surface area (Å²) in [5, 5.41) is 13.6. The molecule has 1 aromatic carbocycles. The molecule has 0 unspecified atom stereocenters. The zero-order valence-electron chi connectivity index (χ0n) is 9.30. The van der Waals surface area contributed by atoms with Crippen LogP contribution in [0.4, 0.5) is 5.69 Å². The average Bonchev–Trinajstić information content (AvgIpc) is 2.36. The van der Waals surface area contributed by atoms with E-state index in [1.807, 2.05) is 0 Å². The van der Waals surface area contributed by atoms with Gasteiger partial charge in [0.25, 0.3) is 5.69 Å². The average molecular weight is 236 g/mol. The quantitative estimate of drug-likeness (QED) is 0.466. The molecule has 0 saturated carbocycles. The molecule has 0 fully saturated rings. The number of hydrogen-bond acceptors (Lipinski definition) is 5. The normalized spacial score (nSPS) is 18.3. The van der Waals surface area contributed by atoms with Gasteiger partial charge < -0.3 is 10.1 Å². The lowest BCUT2D eigenvalue weighted by atomic mass is 9.95. The maximum Gasteiger partial charge on any atom is 0.323 e. The van der Waals surface area contributed by atoms with E-state index in [2.05, 4.69) is 10.1 Å². The third kappa shape index (κ3) is 2.26. The molecule has 0 aliphatic carbocycles. The number of benzene rings is 1. The van der Waals surface area contributed by atoms with Crippen LogP contribution in [0.15, 0.2) is 18.2 Å². The van der Waals surface area contributed by atoms with Gasteiger partial charge in [0.1, 0.15) is 6.04 Å². The lowest BCUT2D eigenvalue weighted by molar-refractivity contribution is -0.384. The number of nitro benzene ring substituents is 1. The predicted molar refractivity (Wildman–Crippen MR) is 59.4 cm³/mol. The third-order valence-electron chi connectivity index (χ3n) is 2.85. The van der Waals surface area contributed by atoms with Gasteiger partial charge in [-0.25, -0.2) is 0 Å². The molecule has 90 valence electrons. The minimum Gasteiger partial charge on any atom is -0.468 e. The van der Waals surface area contributed by atoms with Crippen molar-refractivity contribution >= 4 is 11.7 Å². The van der Waals surface area contributed by atoms with E-state index in [-0.39, 0.29) is 17.7 Å². The summed E-state index contributed by atoms with van der Waals surface area (Å²) in [6.45, 7) is 0.441. The topological polar surface area (TPSA) is 81.5 Å². The number of carbonyl (C=O) groups excluding carboxylic acids is 1. The molecule has 1 aliphatic rings. The Morgan fingerprint density at radius 2 is 2.29 bits per heavy atom. The van der Waals surface area contributed by atoms with Crippen molar-refractivity contribution < 1.29 is 14.5 Å². The summed E-state index contributed by atoms with van der Waals surface area (Å²) in [5.74, 6) is -0.311. The number of hydrogen-bond donors (Lipinski definition) is 1. The second-order valence-electron chi connectivity index (χ2n) is 3.87. The van der Waals surface area contributed by atoms with E-state index in [0.29, 0.717) is 13.0 Å². The smallest absolute Gasteiger partial charge is 0.323 e. The number of carbonyl (C=O) groups is 1. The summed E-state index contributed by atoms with van der Waals surface area (Å²) in [6, 6.07) is 4.33. The number of ether oxygens (including phenoxy) is 1. The second-order valence-corrected chi connectivity index (χ2v) is 3.87. The lowest BCUT2D eigenvalue weighted by Crippen LogP contribution is -2.42. The lowest BCUT2D eigenvalue weighted by Gasteiger charge is -2.23. The first-order chi connectivity index (χ1) is 8.11. The van der Waals surface area contributed by atoms with Crippen molar-refractivity contribution in [2.45, 2.75) is 19.0 Å². The third-order valence-corrected chi connectivity index (χ3v) is 2.85. The van der Waals surface area contributed by atoms with Gasteiger partial charge in [0, 0.05) is 18.7 Å². The van der Waals surface area contributed by atoms with Crippen LogP contribution in [-0.2, 0) is 22.5 Å². The van der Waals surface area contributed by atoms with Crippen LogP contribution in [0.2, 0.25) is 0 Å². The van der Waals surface area contributed by atoms with Gasteiger partial charge in [0.05, 0.1) is 12.0 Å². The van der Waals surface area contributed by atoms with E-state index in [0.717, 1.165) is 11.1 Å². The molecular weight excluding hydrogens is 224 g/mol. The van der Waals surface area contributed by atoms with E-state index >= 15 is 0 Å². The van der Waals surface area contributed by atoms with Crippen molar-refractivity contribution in [1.82, 2.24) is 5.32 Å². The van der Waals surface area contributed by atoms with E-state index in [1.54, 1.807) is 6.07 Å². The van der Waals surface area contributed by atoms with E-state index in [1.165, 1.54) is 19.2 Å².